The molecule has 1 aliphatic rings. The van der Waals surface area contributed by atoms with Crippen LogP contribution >= 0.6 is 0 Å². The van der Waals surface area contributed by atoms with E-state index in [-0.39, 0.29) is 30.2 Å². The van der Waals surface area contributed by atoms with Crippen molar-refractivity contribution in [2.24, 2.45) is 0 Å². The highest BCUT2D eigenvalue weighted by Gasteiger charge is 2.85. The Hall–Kier alpha value is -0.750. The van der Waals surface area contributed by atoms with Gasteiger partial charge >= 0.3 is 24.1 Å². The van der Waals surface area contributed by atoms with Crippen LogP contribution in [0.4, 0.5) is 39.5 Å². The largest absolute Gasteiger partial charge is 0.435 e. The van der Waals surface area contributed by atoms with Crippen LogP contribution in [0.2, 0.25) is 0 Å². The van der Waals surface area contributed by atoms with Crippen molar-refractivity contribution in [1.29, 1.82) is 0 Å². The predicted molar refractivity (Wildman–Crippen MR) is 86.3 cm³/mol. The molecule has 0 saturated carbocycles. The Morgan fingerprint density at radius 1 is 0.724 bits per heavy atom. The number of hydrogen-bond acceptors (Lipinski definition) is 3. The average molecular weight is 447 g/mol. The molecule has 1 aliphatic heterocycles. The third-order valence-corrected chi connectivity index (χ3v) is 4.56. The Labute approximate surface area is 163 Å². The molecule has 0 amide bonds. The van der Waals surface area contributed by atoms with Crippen molar-refractivity contribution in [1.82, 2.24) is 5.32 Å². The van der Waals surface area contributed by atoms with Crippen molar-refractivity contribution >= 4 is 0 Å². The number of piperidine rings is 1. The van der Waals surface area contributed by atoms with Crippen molar-refractivity contribution in [3.63, 3.8) is 0 Å². The van der Waals surface area contributed by atoms with Crippen LogP contribution in [0.5, 0.6) is 0 Å². The molecule has 12 heteroatoms. The molecule has 3 nitrogen and oxygen atoms in total. The summed E-state index contributed by atoms with van der Waals surface area (Å²) in [6.07, 6.45) is -19.5. The molecule has 0 aromatic carbocycles. The Balaban J connectivity index is 2.61. The second-order valence-corrected chi connectivity index (χ2v) is 8.52. The molecule has 174 valence electrons. The van der Waals surface area contributed by atoms with Crippen LogP contribution in [0.25, 0.3) is 0 Å². The fourth-order valence-electron chi connectivity index (χ4n) is 3.75. The number of unbranched alkanes of at least 4 members (excludes halogenated alkanes) is 1. The molecule has 1 saturated heterocycles. The third-order valence-electron chi connectivity index (χ3n) is 4.56. The molecule has 0 atom stereocenters. The summed E-state index contributed by atoms with van der Waals surface area (Å²) in [6.45, 7) is 6.46. The average Bonchev–Trinajstić information content (AvgIpc) is 2.38. The first-order valence-electron chi connectivity index (χ1n) is 8.99. The summed E-state index contributed by atoms with van der Waals surface area (Å²) < 4.78 is 124. The Morgan fingerprint density at radius 2 is 1.10 bits per heavy atom. The van der Waals surface area contributed by atoms with Gasteiger partial charge in [-0.05, 0) is 53.4 Å². The predicted octanol–water partition coefficient (Wildman–Crippen LogP) is 5.53. The highest BCUT2D eigenvalue weighted by Crippen LogP contribution is 2.54. The van der Waals surface area contributed by atoms with Crippen molar-refractivity contribution in [3.8, 4) is 0 Å². The van der Waals surface area contributed by atoms with Crippen LogP contribution in [0, 0.1) is 0 Å². The summed E-state index contributed by atoms with van der Waals surface area (Å²) in [5.41, 5.74) is -6.68. The van der Waals surface area contributed by atoms with Crippen LogP contribution in [0.3, 0.4) is 0 Å². The normalized spacial score (nSPS) is 21.4. The zero-order valence-electron chi connectivity index (χ0n) is 16.5. The van der Waals surface area contributed by atoms with Gasteiger partial charge in [0.25, 0.3) is 0 Å². The van der Waals surface area contributed by atoms with Crippen LogP contribution in [0.1, 0.15) is 53.4 Å². The molecule has 0 aromatic heterocycles. The standard InChI is InChI=1S/C17H26F9NO2/c1-12(2)9-11(10-13(3,4)27-12)28-7-5-6-8-29-14(15(18,19)20,16(21,22)23)17(24,25)26/h11,27H,5-10H2,1-4H3. The maximum atomic E-state index is 12.7. The van der Waals surface area contributed by atoms with Gasteiger partial charge in [-0.1, -0.05) is 0 Å². The molecule has 29 heavy (non-hydrogen) atoms. The molecule has 0 spiro atoms. The molecule has 1 fully saturated rings. The van der Waals surface area contributed by atoms with Crippen molar-refractivity contribution < 1.29 is 49.0 Å². The van der Waals surface area contributed by atoms with Gasteiger partial charge in [0, 0.05) is 24.3 Å². The third kappa shape index (κ3) is 6.36. The number of alkyl halides is 9. The molecular weight excluding hydrogens is 421 g/mol. The summed E-state index contributed by atoms with van der Waals surface area (Å²) in [4.78, 5) is 0. The monoisotopic (exact) mass is 447 g/mol. The van der Waals surface area contributed by atoms with Gasteiger partial charge in [0.15, 0.2) is 0 Å². The Bertz CT molecular complexity index is 486. The van der Waals surface area contributed by atoms with Gasteiger partial charge in [-0.3, -0.25) is 0 Å². The van der Waals surface area contributed by atoms with Gasteiger partial charge in [0.1, 0.15) is 0 Å². The summed E-state index contributed by atoms with van der Waals surface area (Å²) in [6, 6.07) is 0. The minimum absolute atomic E-state index is 0.0166. The molecule has 0 aromatic rings. The zero-order valence-corrected chi connectivity index (χ0v) is 16.5. The van der Waals surface area contributed by atoms with Gasteiger partial charge in [0.05, 0.1) is 6.10 Å². The van der Waals surface area contributed by atoms with Gasteiger partial charge < -0.3 is 14.8 Å². The smallest absolute Gasteiger partial charge is 0.378 e. The minimum Gasteiger partial charge on any atom is -0.378 e. The van der Waals surface area contributed by atoms with Crippen molar-refractivity contribution in [2.45, 2.75) is 94.7 Å². The number of hydrogen-bond donors (Lipinski definition) is 1. The summed E-state index contributed by atoms with van der Waals surface area (Å²) in [7, 11) is 0. The second-order valence-electron chi connectivity index (χ2n) is 8.52. The SMILES string of the molecule is CC1(C)CC(OCCCCOC(C(F)(F)F)(C(F)(F)F)C(F)(F)F)CC(C)(C)N1. The Kier molecular flexibility index (Phi) is 7.62. The number of ether oxygens (including phenoxy) is 2. The second kappa shape index (κ2) is 8.41. The van der Waals surface area contributed by atoms with E-state index in [0.29, 0.717) is 12.8 Å². The summed E-state index contributed by atoms with van der Waals surface area (Å²) in [5.74, 6) is 0. The van der Waals surface area contributed by atoms with Gasteiger partial charge in [0.2, 0.25) is 0 Å². The molecule has 0 aliphatic carbocycles. The van der Waals surface area contributed by atoms with E-state index >= 15 is 0 Å². The first-order valence-corrected chi connectivity index (χ1v) is 8.99. The highest BCUT2D eigenvalue weighted by molar-refractivity contribution is 5.02. The lowest BCUT2D eigenvalue weighted by Crippen LogP contribution is -2.67. The van der Waals surface area contributed by atoms with Crippen LogP contribution in [-0.4, -0.2) is 54.5 Å². The Morgan fingerprint density at radius 3 is 1.48 bits per heavy atom. The lowest BCUT2D eigenvalue weighted by Gasteiger charge is -2.46. The zero-order chi connectivity index (χ0) is 22.9. The first kappa shape index (κ1) is 26.3. The van der Waals surface area contributed by atoms with Gasteiger partial charge in [-0.15, -0.1) is 0 Å². The van der Waals surface area contributed by atoms with Crippen molar-refractivity contribution in [2.75, 3.05) is 13.2 Å². The molecule has 1 rings (SSSR count). The van der Waals surface area contributed by atoms with E-state index in [4.69, 9.17) is 4.74 Å². The fraction of sp³-hybridized carbons (Fsp3) is 1.00. The maximum Gasteiger partial charge on any atom is 0.435 e. The molecule has 0 unspecified atom stereocenters. The van der Waals surface area contributed by atoms with Crippen LogP contribution in [0.15, 0.2) is 0 Å². The van der Waals surface area contributed by atoms with E-state index in [0.717, 1.165) is 0 Å². The number of rotatable bonds is 7. The first-order chi connectivity index (χ1) is 12.7. The van der Waals surface area contributed by atoms with E-state index < -0.39 is 37.2 Å². The summed E-state index contributed by atoms with van der Waals surface area (Å²) in [5, 5.41) is 3.41. The molecule has 1 heterocycles. The topological polar surface area (TPSA) is 30.5 Å². The van der Waals surface area contributed by atoms with Crippen molar-refractivity contribution in [3.05, 3.63) is 0 Å². The molecule has 0 bridgehead atoms. The van der Waals surface area contributed by atoms with Crippen LogP contribution < -0.4 is 5.32 Å². The lowest BCUT2D eigenvalue weighted by molar-refractivity contribution is -0.457. The lowest BCUT2D eigenvalue weighted by atomic mass is 9.81. The highest BCUT2D eigenvalue weighted by atomic mass is 19.4. The molecular formula is C17H26F9NO2. The van der Waals surface area contributed by atoms with Crippen LogP contribution in [-0.2, 0) is 9.47 Å². The van der Waals surface area contributed by atoms with E-state index in [2.05, 4.69) is 10.1 Å². The number of nitrogens with one attached hydrogen (secondary N) is 1. The quantitative estimate of drug-likeness (QED) is 0.411. The maximum absolute atomic E-state index is 12.7. The summed E-state index contributed by atoms with van der Waals surface area (Å²) >= 11 is 0. The minimum atomic E-state index is -6.70. The van der Waals surface area contributed by atoms with Gasteiger partial charge in [-0.2, -0.15) is 39.5 Å². The molecule has 1 N–H and O–H groups in total. The fourth-order valence-corrected chi connectivity index (χ4v) is 3.75. The van der Waals surface area contributed by atoms with E-state index in [1.807, 2.05) is 27.7 Å². The molecule has 0 radical (unpaired) electrons. The number of halogens is 9. The van der Waals surface area contributed by atoms with E-state index in [9.17, 15) is 39.5 Å². The van der Waals surface area contributed by atoms with E-state index in [1.54, 1.807) is 0 Å². The van der Waals surface area contributed by atoms with Gasteiger partial charge in [-0.25, -0.2) is 0 Å². The van der Waals surface area contributed by atoms with E-state index in [1.165, 1.54) is 0 Å².